The van der Waals surface area contributed by atoms with E-state index >= 15 is 0 Å². The van der Waals surface area contributed by atoms with Gasteiger partial charge in [-0.15, -0.1) is 0 Å². The summed E-state index contributed by atoms with van der Waals surface area (Å²) in [5.41, 5.74) is 4.22. The summed E-state index contributed by atoms with van der Waals surface area (Å²) in [4.78, 5) is 19.3. The van der Waals surface area contributed by atoms with Gasteiger partial charge in [0.1, 0.15) is 17.1 Å². The van der Waals surface area contributed by atoms with E-state index < -0.39 is 6.10 Å². The Morgan fingerprint density at radius 1 is 1.24 bits per heavy atom. The van der Waals surface area contributed by atoms with Crippen molar-refractivity contribution >= 4 is 16.9 Å². The normalized spacial score (nSPS) is 14.8. The lowest BCUT2D eigenvalue weighted by Gasteiger charge is -2.31. The van der Waals surface area contributed by atoms with E-state index in [4.69, 9.17) is 0 Å². The molecule has 0 aliphatic carbocycles. The number of aliphatic hydroxyl groups excluding tert-OH is 1. The van der Waals surface area contributed by atoms with Crippen LogP contribution in [0.1, 0.15) is 51.8 Å². The fourth-order valence-electron chi connectivity index (χ4n) is 3.99. The second kappa shape index (κ2) is 7.52. The molecule has 29 heavy (non-hydrogen) atoms. The molecule has 1 fully saturated rings. The topological polar surface area (TPSA) is 78.6 Å². The maximum absolute atomic E-state index is 13.1. The Morgan fingerprint density at radius 2 is 1.97 bits per heavy atom. The van der Waals surface area contributed by atoms with E-state index in [1.54, 1.807) is 4.90 Å². The number of likely N-dealkylation sites (tertiary alicyclic amines) is 1. The van der Waals surface area contributed by atoms with Gasteiger partial charge in [0.15, 0.2) is 0 Å². The number of aryl methyl sites for hydroxylation is 3. The lowest BCUT2D eigenvalue weighted by atomic mass is 9.94. The van der Waals surface area contributed by atoms with Crippen molar-refractivity contribution in [3.63, 3.8) is 0 Å². The zero-order valence-corrected chi connectivity index (χ0v) is 17.1. The fourth-order valence-corrected chi connectivity index (χ4v) is 3.99. The van der Waals surface area contributed by atoms with Crippen LogP contribution in [0.15, 0.2) is 30.3 Å². The Kier molecular flexibility index (Phi) is 5.04. The molecule has 0 saturated carbocycles. The molecule has 1 aliphatic heterocycles. The predicted molar refractivity (Wildman–Crippen MR) is 112 cm³/mol. The average molecular weight is 393 g/mol. The number of imidazole rings is 1. The van der Waals surface area contributed by atoms with Crippen LogP contribution in [-0.2, 0) is 13.5 Å². The third kappa shape index (κ3) is 3.38. The van der Waals surface area contributed by atoms with Crippen molar-refractivity contribution in [1.29, 1.82) is 0 Å². The Morgan fingerprint density at radius 3 is 2.62 bits per heavy atom. The zero-order valence-electron chi connectivity index (χ0n) is 17.1. The number of benzene rings is 2. The first-order chi connectivity index (χ1) is 13.9. The van der Waals surface area contributed by atoms with Crippen molar-refractivity contribution in [2.45, 2.75) is 39.2 Å². The quantitative estimate of drug-likeness (QED) is 0.696. The molecule has 152 valence electrons. The van der Waals surface area contributed by atoms with Gasteiger partial charge in [-0.05, 0) is 50.3 Å². The molecule has 1 atom stereocenters. The van der Waals surface area contributed by atoms with E-state index in [1.807, 2.05) is 55.8 Å². The highest BCUT2D eigenvalue weighted by molar-refractivity contribution is 6.01. The van der Waals surface area contributed by atoms with E-state index in [9.17, 15) is 15.0 Å². The minimum atomic E-state index is -0.663. The summed E-state index contributed by atoms with van der Waals surface area (Å²) in [5, 5.41) is 21.7. The number of aliphatic hydroxyl groups is 1. The minimum absolute atomic E-state index is 0.0482. The van der Waals surface area contributed by atoms with Gasteiger partial charge in [0.05, 0.1) is 11.6 Å². The first-order valence-corrected chi connectivity index (χ1v) is 10.1. The maximum Gasteiger partial charge on any atom is 0.254 e. The number of carbonyl (C=O) groups is 1. The van der Waals surface area contributed by atoms with Crippen LogP contribution < -0.4 is 0 Å². The highest BCUT2D eigenvalue weighted by Crippen LogP contribution is 2.35. The molecule has 1 aromatic heterocycles. The van der Waals surface area contributed by atoms with Crippen molar-refractivity contribution in [1.82, 2.24) is 14.5 Å². The van der Waals surface area contributed by atoms with Crippen molar-refractivity contribution in [2.24, 2.45) is 7.05 Å². The molecule has 2 heterocycles. The number of aromatic hydroxyl groups is 1. The van der Waals surface area contributed by atoms with Crippen LogP contribution in [-0.4, -0.2) is 43.7 Å². The van der Waals surface area contributed by atoms with Gasteiger partial charge in [0.25, 0.3) is 5.91 Å². The highest BCUT2D eigenvalue weighted by Gasteiger charge is 2.28. The third-order valence-electron chi connectivity index (χ3n) is 6.07. The van der Waals surface area contributed by atoms with E-state index in [0.29, 0.717) is 29.5 Å². The molecule has 2 N–H and O–H groups in total. The molecule has 4 rings (SSSR count). The van der Waals surface area contributed by atoms with Crippen LogP contribution in [0.3, 0.4) is 0 Å². The molecule has 1 unspecified atom stereocenters. The molecule has 3 aromatic rings. The lowest BCUT2D eigenvalue weighted by molar-refractivity contribution is 0.0649. The molecule has 1 amide bonds. The van der Waals surface area contributed by atoms with Crippen molar-refractivity contribution in [3.05, 3.63) is 58.4 Å². The third-order valence-corrected chi connectivity index (χ3v) is 6.07. The largest absolute Gasteiger partial charge is 0.505 e. The lowest BCUT2D eigenvalue weighted by Crippen LogP contribution is -2.42. The molecule has 2 aromatic carbocycles. The molecule has 1 aliphatic rings. The van der Waals surface area contributed by atoms with Gasteiger partial charge in [0.2, 0.25) is 0 Å². The number of phenolic OH excluding ortho intramolecular Hbond substituents is 1. The van der Waals surface area contributed by atoms with Crippen molar-refractivity contribution in [3.8, 4) is 5.75 Å². The summed E-state index contributed by atoms with van der Waals surface area (Å²) < 4.78 is 1.88. The SMILES string of the molecule is Cc1ccccc1C(O)CCc1c(C(=O)N2CCC2)cc2c(nc(C)n2C)c1O. The highest BCUT2D eigenvalue weighted by atomic mass is 16.3. The Bertz CT molecular complexity index is 1080. The molecular formula is C23H27N3O3. The van der Waals surface area contributed by atoms with Crippen LogP contribution >= 0.6 is 0 Å². The molecule has 1 saturated heterocycles. The van der Waals surface area contributed by atoms with Gasteiger partial charge in [-0.1, -0.05) is 24.3 Å². The Balaban J connectivity index is 1.72. The summed E-state index contributed by atoms with van der Waals surface area (Å²) in [7, 11) is 1.88. The Labute approximate surface area is 170 Å². The smallest absolute Gasteiger partial charge is 0.254 e. The standard InChI is InChI=1S/C23H27N3O3/c1-14-7-4-5-8-16(14)20(27)10-9-17-18(23(29)26-11-6-12-26)13-19-21(22(17)28)24-15(2)25(19)3/h4-5,7-8,13,20,27-28H,6,9-12H2,1-3H3. The summed E-state index contributed by atoms with van der Waals surface area (Å²) in [6, 6.07) is 9.57. The van der Waals surface area contributed by atoms with Crippen LogP contribution in [0.25, 0.3) is 11.0 Å². The number of aromatic nitrogens is 2. The zero-order chi connectivity index (χ0) is 20.7. The number of fused-ring (bicyclic) bond motifs is 1. The molecule has 0 spiro atoms. The monoisotopic (exact) mass is 393 g/mol. The summed E-state index contributed by atoms with van der Waals surface area (Å²) in [5.74, 6) is 0.759. The molecular weight excluding hydrogens is 366 g/mol. The molecule has 0 radical (unpaired) electrons. The summed E-state index contributed by atoms with van der Waals surface area (Å²) in [6.45, 7) is 5.33. The minimum Gasteiger partial charge on any atom is -0.505 e. The van der Waals surface area contributed by atoms with Gasteiger partial charge in [0, 0.05) is 31.3 Å². The maximum atomic E-state index is 13.1. The molecule has 6 nitrogen and oxygen atoms in total. The van der Waals surface area contributed by atoms with Gasteiger partial charge >= 0.3 is 0 Å². The van der Waals surface area contributed by atoms with Crippen molar-refractivity contribution in [2.75, 3.05) is 13.1 Å². The van der Waals surface area contributed by atoms with Crippen LogP contribution in [0, 0.1) is 13.8 Å². The first kappa shape index (κ1) is 19.5. The van der Waals surface area contributed by atoms with Gasteiger partial charge in [-0.2, -0.15) is 0 Å². The molecule has 6 heteroatoms. The van der Waals surface area contributed by atoms with Gasteiger partial charge < -0.3 is 19.7 Å². The first-order valence-electron chi connectivity index (χ1n) is 10.1. The number of rotatable bonds is 5. The Hall–Kier alpha value is -2.86. The van der Waals surface area contributed by atoms with Crippen molar-refractivity contribution < 1.29 is 15.0 Å². The van der Waals surface area contributed by atoms with E-state index in [2.05, 4.69) is 4.98 Å². The average Bonchev–Trinajstić information content (AvgIpc) is 2.94. The summed E-state index contributed by atoms with van der Waals surface area (Å²) in [6.07, 6.45) is 1.15. The number of amides is 1. The molecule has 0 bridgehead atoms. The number of phenols is 1. The van der Waals surface area contributed by atoms with E-state index in [0.717, 1.165) is 42.0 Å². The second-order valence-electron chi connectivity index (χ2n) is 7.89. The summed E-state index contributed by atoms with van der Waals surface area (Å²) >= 11 is 0. The second-order valence-corrected chi connectivity index (χ2v) is 7.89. The van der Waals surface area contributed by atoms with Gasteiger partial charge in [-0.25, -0.2) is 4.98 Å². The predicted octanol–water partition coefficient (Wildman–Crippen LogP) is 3.41. The number of carbonyl (C=O) groups excluding carboxylic acids is 1. The van der Waals surface area contributed by atoms with Gasteiger partial charge in [-0.3, -0.25) is 4.79 Å². The van der Waals surface area contributed by atoms with E-state index in [1.165, 1.54) is 0 Å². The number of hydrogen-bond donors (Lipinski definition) is 2. The fraction of sp³-hybridized carbons (Fsp3) is 0.391. The number of nitrogens with zero attached hydrogens (tertiary/aromatic N) is 3. The number of hydrogen-bond acceptors (Lipinski definition) is 4. The van der Waals surface area contributed by atoms with Crippen LogP contribution in [0.2, 0.25) is 0 Å². The van der Waals surface area contributed by atoms with Crippen LogP contribution in [0.4, 0.5) is 0 Å². The van der Waals surface area contributed by atoms with Crippen LogP contribution in [0.5, 0.6) is 5.75 Å². The van der Waals surface area contributed by atoms with E-state index in [-0.39, 0.29) is 11.7 Å².